The largest absolute Gasteiger partial charge is 0.192 e. The Hall–Kier alpha value is -4.45. The van der Waals surface area contributed by atoms with Crippen molar-refractivity contribution in [2.75, 3.05) is 0 Å². The molecule has 0 aromatic heterocycles. The van der Waals surface area contributed by atoms with E-state index in [1.807, 2.05) is 63.6 Å². The van der Waals surface area contributed by atoms with Crippen LogP contribution < -0.4 is 0 Å². The molecule has 2 aliphatic carbocycles. The Morgan fingerprint density at radius 2 is 0.824 bits per heavy atom. The third-order valence-corrected chi connectivity index (χ3v) is 9.91. The standard InChI is InChI=1S/C26H20N6Si2/c1-33(2,3)25-21(13-31)17-7-20-18(8-19(17)23(25)15(9-27)10-28)22(14-32)26(34(4,5)6)24(20)16(11-29)12-30/h7-8H,1-6H3. The molecule has 0 aliphatic heterocycles. The van der Waals surface area contributed by atoms with Crippen LogP contribution in [0.4, 0.5) is 0 Å². The highest BCUT2D eigenvalue weighted by Gasteiger charge is 2.41. The summed E-state index contributed by atoms with van der Waals surface area (Å²) in [5, 5.41) is 60.6. The molecule has 0 heterocycles. The first-order valence-corrected chi connectivity index (χ1v) is 17.5. The molecule has 0 bridgehead atoms. The van der Waals surface area contributed by atoms with Crippen LogP contribution in [-0.2, 0) is 0 Å². The number of allylic oxidation sites excluding steroid dienone is 8. The van der Waals surface area contributed by atoms with Crippen molar-refractivity contribution in [3.63, 3.8) is 0 Å². The summed E-state index contributed by atoms with van der Waals surface area (Å²) in [7, 11) is -4.40. The van der Waals surface area contributed by atoms with Crippen molar-refractivity contribution >= 4 is 38.4 Å². The number of benzene rings is 1. The zero-order valence-electron chi connectivity index (χ0n) is 19.8. The van der Waals surface area contributed by atoms with Crippen molar-refractivity contribution < 1.29 is 0 Å². The van der Waals surface area contributed by atoms with Crippen molar-refractivity contribution in [1.29, 1.82) is 31.6 Å². The second-order valence-electron chi connectivity index (χ2n) is 10.1. The normalized spacial score (nSPS) is 14.2. The number of fused-ring (bicyclic) bond motifs is 2. The first-order chi connectivity index (χ1) is 15.9. The van der Waals surface area contributed by atoms with E-state index in [1.54, 1.807) is 12.1 Å². The van der Waals surface area contributed by atoms with Gasteiger partial charge in [-0.1, -0.05) is 39.3 Å². The van der Waals surface area contributed by atoms with Crippen LogP contribution in [0.25, 0.3) is 22.3 Å². The molecule has 6 nitrogen and oxygen atoms in total. The Balaban J connectivity index is 2.63. The van der Waals surface area contributed by atoms with E-state index < -0.39 is 16.1 Å². The van der Waals surface area contributed by atoms with Gasteiger partial charge in [0.1, 0.15) is 35.4 Å². The van der Waals surface area contributed by atoms with E-state index in [0.717, 1.165) is 10.4 Å². The maximum atomic E-state index is 10.1. The van der Waals surface area contributed by atoms with Crippen molar-refractivity contribution in [2.45, 2.75) is 39.3 Å². The van der Waals surface area contributed by atoms with Crippen molar-refractivity contribution in [3.8, 4) is 36.4 Å². The van der Waals surface area contributed by atoms with Crippen LogP contribution in [0.2, 0.25) is 39.3 Å². The summed E-state index contributed by atoms with van der Waals surface area (Å²) < 4.78 is 0. The van der Waals surface area contributed by atoms with Gasteiger partial charge in [-0.2, -0.15) is 31.6 Å². The Labute approximate surface area is 201 Å². The van der Waals surface area contributed by atoms with Crippen LogP contribution in [0, 0.1) is 68.0 Å². The van der Waals surface area contributed by atoms with E-state index >= 15 is 0 Å². The van der Waals surface area contributed by atoms with E-state index in [4.69, 9.17) is 0 Å². The lowest BCUT2D eigenvalue weighted by Crippen LogP contribution is -2.25. The number of rotatable bonds is 2. The van der Waals surface area contributed by atoms with Gasteiger partial charge in [-0.05, 0) is 33.7 Å². The summed E-state index contributed by atoms with van der Waals surface area (Å²) in [5.74, 6) is 0. The van der Waals surface area contributed by atoms with Gasteiger partial charge < -0.3 is 0 Å². The van der Waals surface area contributed by atoms with Crippen LogP contribution in [0.1, 0.15) is 22.3 Å². The van der Waals surface area contributed by atoms with E-state index in [1.165, 1.54) is 0 Å². The maximum absolute atomic E-state index is 10.1. The molecule has 0 saturated carbocycles. The van der Waals surface area contributed by atoms with E-state index in [2.05, 4.69) is 12.1 Å². The molecule has 0 saturated heterocycles. The molecule has 0 unspecified atom stereocenters. The summed E-state index contributed by atoms with van der Waals surface area (Å²) in [4.78, 5) is 0. The van der Waals surface area contributed by atoms with Gasteiger partial charge >= 0.3 is 0 Å². The first kappa shape index (κ1) is 24.2. The lowest BCUT2D eigenvalue weighted by atomic mass is 9.92. The molecule has 162 valence electrons. The number of nitriles is 6. The van der Waals surface area contributed by atoms with Gasteiger partial charge in [0, 0.05) is 22.3 Å². The maximum Gasteiger partial charge on any atom is 0.137 e. The first-order valence-electron chi connectivity index (χ1n) is 10.5. The van der Waals surface area contributed by atoms with Crippen LogP contribution in [-0.4, -0.2) is 16.1 Å². The minimum Gasteiger partial charge on any atom is -0.192 e. The topological polar surface area (TPSA) is 143 Å². The molecule has 8 heteroatoms. The zero-order chi connectivity index (χ0) is 25.6. The number of nitrogens with zero attached hydrogens (tertiary/aromatic N) is 6. The average Bonchev–Trinajstić information content (AvgIpc) is 3.27. The Morgan fingerprint density at radius 1 is 0.529 bits per heavy atom. The van der Waals surface area contributed by atoms with Gasteiger partial charge in [0.05, 0.1) is 39.4 Å². The lowest BCUT2D eigenvalue weighted by Gasteiger charge is -2.21. The third kappa shape index (κ3) is 3.40. The van der Waals surface area contributed by atoms with Crippen LogP contribution in [0.5, 0.6) is 0 Å². The molecule has 3 rings (SSSR count). The minimum absolute atomic E-state index is 0.0692. The average molecular weight is 473 g/mol. The Morgan fingerprint density at radius 3 is 1.03 bits per heavy atom. The van der Waals surface area contributed by atoms with Gasteiger partial charge in [0.2, 0.25) is 0 Å². The summed E-state index contributed by atoms with van der Waals surface area (Å²) in [6.45, 7) is 12.3. The van der Waals surface area contributed by atoms with Crippen LogP contribution >= 0.6 is 0 Å². The molecule has 0 spiro atoms. The lowest BCUT2D eigenvalue weighted by molar-refractivity contribution is 1.44. The second-order valence-corrected chi connectivity index (χ2v) is 20.1. The SMILES string of the molecule is C[Si](C)(C)C1=C(C#N)c2cc3c(cc2C1=C(C#N)C#N)C(C#N)=C([Si](C)(C)C)C3=C(C#N)C#N. The van der Waals surface area contributed by atoms with Gasteiger partial charge in [-0.3, -0.25) is 0 Å². The molecule has 0 fully saturated rings. The van der Waals surface area contributed by atoms with Gasteiger partial charge in [-0.15, -0.1) is 0 Å². The van der Waals surface area contributed by atoms with Crippen LogP contribution in [0.3, 0.4) is 0 Å². The van der Waals surface area contributed by atoms with E-state index in [0.29, 0.717) is 44.5 Å². The summed E-state index contributed by atoms with van der Waals surface area (Å²) in [6, 6.07) is 16.0. The molecule has 0 amide bonds. The summed E-state index contributed by atoms with van der Waals surface area (Å²) in [6.07, 6.45) is 0. The van der Waals surface area contributed by atoms with Gasteiger partial charge in [0.25, 0.3) is 0 Å². The monoisotopic (exact) mass is 472 g/mol. The predicted octanol–water partition coefficient (Wildman–Crippen LogP) is 5.62. The molecule has 0 radical (unpaired) electrons. The highest BCUT2D eigenvalue weighted by atomic mass is 28.3. The summed E-state index contributed by atoms with van der Waals surface area (Å²) >= 11 is 0. The molecule has 0 N–H and O–H groups in total. The molecular formula is C26H20N6Si2. The second kappa shape index (κ2) is 8.16. The third-order valence-electron chi connectivity index (χ3n) is 5.91. The van der Waals surface area contributed by atoms with Gasteiger partial charge in [-0.25, -0.2) is 0 Å². The van der Waals surface area contributed by atoms with Crippen molar-refractivity contribution in [1.82, 2.24) is 0 Å². The number of hydrogen-bond acceptors (Lipinski definition) is 6. The van der Waals surface area contributed by atoms with Crippen molar-refractivity contribution in [2.24, 2.45) is 0 Å². The highest BCUT2D eigenvalue weighted by molar-refractivity contribution is 6.87. The fourth-order valence-electron chi connectivity index (χ4n) is 4.74. The smallest absolute Gasteiger partial charge is 0.137 e. The van der Waals surface area contributed by atoms with Crippen LogP contribution in [0.15, 0.2) is 33.7 Å². The fraction of sp³-hybridized carbons (Fsp3) is 0.231. The van der Waals surface area contributed by atoms with Crippen molar-refractivity contribution in [3.05, 3.63) is 55.9 Å². The molecule has 1 aromatic rings. The predicted molar refractivity (Wildman–Crippen MR) is 134 cm³/mol. The van der Waals surface area contributed by atoms with Gasteiger partial charge in [0.15, 0.2) is 0 Å². The Kier molecular flexibility index (Phi) is 5.81. The molecular weight excluding hydrogens is 453 g/mol. The highest BCUT2D eigenvalue weighted by Crippen LogP contribution is 2.53. The quantitative estimate of drug-likeness (QED) is 0.403. The fourth-order valence-corrected chi connectivity index (χ4v) is 8.64. The molecule has 2 aliphatic rings. The zero-order valence-corrected chi connectivity index (χ0v) is 21.8. The molecule has 0 atom stereocenters. The van der Waals surface area contributed by atoms with E-state index in [-0.39, 0.29) is 11.1 Å². The van der Waals surface area contributed by atoms with E-state index in [9.17, 15) is 31.6 Å². The number of hydrogen-bond donors (Lipinski definition) is 0. The molecule has 34 heavy (non-hydrogen) atoms. The molecule has 1 aromatic carbocycles. The Bertz CT molecular complexity index is 1410. The minimum atomic E-state index is -2.20. The summed E-state index contributed by atoms with van der Waals surface area (Å²) in [5.41, 5.74) is 3.88.